The Hall–Kier alpha value is -1.75. The van der Waals surface area contributed by atoms with Crippen LogP contribution in [0.15, 0.2) is 29.3 Å². The molecule has 1 saturated heterocycles. The fourth-order valence-corrected chi connectivity index (χ4v) is 2.77. The minimum Gasteiger partial charge on any atom is -0.497 e. The summed E-state index contributed by atoms with van der Waals surface area (Å²) in [4.78, 5) is 6.93. The molecular formula is C18H29N3O2. The molecule has 128 valence electrons. The number of benzene rings is 1. The number of nitrogens with one attached hydrogen (secondary N) is 1. The first-order valence-corrected chi connectivity index (χ1v) is 8.49. The number of methoxy groups -OCH3 is 1. The number of aliphatic hydroxyl groups excluding tert-OH is 1. The average molecular weight is 319 g/mol. The highest BCUT2D eigenvalue weighted by atomic mass is 16.5. The third kappa shape index (κ3) is 5.13. The Balaban J connectivity index is 2.01. The molecule has 1 aromatic rings. The molecule has 0 aliphatic carbocycles. The molecule has 2 rings (SSSR count). The lowest BCUT2D eigenvalue weighted by molar-refractivity contribution is 0.185. The zero-order valence-corrected chi connectivity index (χ0v) is 14.5. The molecule has 0 aromatic heterocycles. The Bertz CT molecular complexity index is 511. The van der Waals surface area contributed by atoms with Gasteiger partial charge in [0, 0.05) is 19.6 Å². The van der Waals surface area contributed by atoms with E-state index in [-0.39, 0.29) is 0 Å². The Morgan fingerprint density at radius 3 is 2.83 bits per heavy atom. The molecule has 1 aliphatic heterocycles. The molecule has 23 heavy (non-hydrogen) atoms. The quantitative estimate of drug-likeness (QED) is 0.646. The largest absolute Gasteiger partial charge is 0.497 e. The maximum absolute atomic E-state index is 10.4. The van der Waals surface area contributed by atoms with Crippen molar-refractivity contribution in [2.75, 3.05) is 33.3 Å². The normalized spacial score (nSPS) is 17.9. The molecule has 1 heterocycles. The maximum Gasteiger partial charge on any atom is 0.194 e. The Kier molecular flexibility index (Phi) is 6.71. The van der Waals surface area contributed by atoms with Gasteiger partial charge in [0.25, 0.3) is 0 Å². The molecule has 2 N–H and O–H groups in total. The van der Waals surface area contributed by atoms with Crippen molar-refractivity contribution in [2.45, 2.75) is 32.8 Å². The molecule has 0 saturated carbocycles. The van der Waals surface area contributed by atoms with Gasteiger partial charge in [0.15, 0.2) is 5.96 Å². The molecule has 1 aliphatic rings. The second-order valence-electron chi connectivity index (χ2n) is 6.16. The molecular weight excluding hydrogens is 290 g/mol. The molecule has 5 nitrogen and oxygen atoms in total. The van der Waals surface area contributed by atoms with Gasteiger partial charge in [-0.2, -0.15) is 0 Å². The maximum atomic E-state index is 10.4. The van der Waals surface area contributed by atoms with Crippen LogP contribution in [-0.2, 0) is 0 Å². The van der Waals surface area contributed by atoms with Gasteiger partial charge >= 0.3 is 0 Å². The number of piperidine rings is 1. The van der Waals surface area contributed by atoms with Crippen molar-refractivity contribution in [1.29, 1.82) is 0 Å². The van der Waals surface area contributed by atoms with Gasteiger partial charge in [-0.15, -0.1) is 0 Å². The van der Waals surface area contributed by atoms with Gasteiger partial charge in [-0.3, -0.25) is 4.99 Å². The molecule has 0 bridgehead atoms. The Morgan fingerprint density at radius 1 is 1.43 bits per heavy atom. The second-order valence-corrected chi connectivity index (χ2v) is 6.16. The SMILES string of the molecule is CCNC(=NCC(O)c1cccc(OC)c1)N1CCC(C)CC1. The summed E-state index contributed by atoms with van der Waals surface area (Å²) in [5, 5.41) is 13.7. The van der Waals surface area contributed by atoms with Gasteiger partial charge in [-0.25, -0.2) is 0 Å². The van der Waals surface area contributed by atoms with E-state index in [2.05, 4.69) is 29.1 Å². The van der Waals surface area contributed by atoms with Crippen LogP contribution in [0, 0.1) is 5.92 Å². The fourth-order valence-electron chi connectivity index (χ4n) is 2.77. The summed E-state index contributed by atoms with van der Waals surface area (Å²) in [5.74, 6) is 2.44. The van der Waals surface area contributed by atoms with Crippen LogP contribution in [0.5, 0.6) is 5.75 Å². The van der Waals surface area contributed by atoms with E-state index in [1.54, 1.807) is 7.11 Å². The summed E-state index contributed by atoms with van der Waals surface area (Å²) in [6.45, 7) is 7.61. The third-order valence-electron chi connectivity index (χ3n) is 4.31. The molecule has 5 heteroatoms. The standard InChI is InChI=1S/C18H29N3O2/c1-4-19-18(21-10-8-14(2)9-11-21)20-13-17(22)15-6-5-7-16(12-15)23-3/h5-7,12,14,17,22H,4,8-11,13H2,1-3H3,(H,19,20). The van der Waals surface area contributed by atoms with E-state index in [1.807, 2.05) is 24.3 Å². The number of ether oxygens (including phenoxy) is 1. The van der Waals surface area contributed by atoms with E-state index >= 15 is 0 Å². The van der Waals surface area contributed by atoms with Crippen LogP contribution in [0.1, 0.15) is 38.4 Å². The Labute approximate surface area is 139 Å². The summed E-state index contributed by atoms with van der Waals surface area (Å²) in [6, 6.07) is 7.52. The van der Waals surface area contributed by atoms with Crippen molar-refractivity contribution < 1.29 is 9.84 Å². The minimum atomic E-state index is -0.623. The van der Waals surface area contributed by atoms with Gasteiger partial charge in [-0.05, 0) is 43.4 Å². The van der Waals surface area contributed by atoms with E-state index in [9.17, 15) is 5.11 Å². The number of guanidine groups is 1. The van der Waals surface area contributed by atoms with Crippen molar-refractivity contribution in [3.63, 3.8) is 0 Å². The number of hydrogen-bond donors (Lipinski definition) is 2. The number of aliphatic hydroxyl groups is 1. The van der Waals surface area contributed by atoms with Crippen LogP contribution in [0.3, 0.4) is 0 Å². The van der Waals surface area contributed by atoms with E-state index in [0.717, 1.165) is 42.8 Å². The molecule has 1 aromatic carbocycles. The van der Waals surface area contributed by atoms with Gasteiger partial charge in [0.2, 0.25) is 0 Å². The first-order valence-electron chi connectivity index (χ1n) is 8.49. The number of likely N-dealkylation sites (tertiary alicyclic amines) is 1. The average Bonchev–Trinajstić information content (AvgIpc) is 2.59. The number of aliphatic imine (C=N–C) groups is 1. The molecule has 1 atom stereocenters. The first-order chi connectivity index (χ1) is 11.1. The van der Waals surface area contributed by atoms with Gasteiger partial charge < -0.3 is 20.1 Å². The van der Waals surface area contributed by atoms with Crippen LogP contribution in [-0.4, -0.2) is 49.3 Å². The van der Waals surface area contributed by atoms with E-state index in [4.69, 9.17) is 4.74 Å². The van der Waals surface area contributed by atoms with Crippen molar-refractivity contribution in [3.8, 4) is 5.75 Å². The lowest BCUT2D eigenvalue weighted by atomic mass is 9.99. The number of rotatable bonds is 5. The van der Waals surface area contributed by atoms with Crippen LogP contribution in [0.2, 0.25) is 0 Å². The van der Waals surface area contributed by atoms with Gasteiger partial charge in [0.05, 0.1) is 19.8 Å². The smallest absolute Gasteiger partial charge is 0.194 e. The summed E-state index contributed by atoms with van der Waals surface area (Å²) in [5.41, 5.74) is 0.830. The van der Waals surface area contributed by atoms with E-state index < -0.39 is 6.10 Å². The predicted octanol–water partition coefficient (Wildman–Crippen LogP) is 2.43. The summed E-state index contributed by atoms with van der Waals surface area (Å²) >= 11 is 0. The minimum absolute atomic E-state index is 0.349. The highest BCUT2D eigenvalue weighted by Crippen LogP contribution is 2.20. The number of nitrogens with zero attached hydrogens (tertiary/aromatic N) is 2. The van der Waals surface area contributed by atoms with Gasteiger partial charge in [-0.1, -0.05) is 19.1 Å². The highest BCUT2D eigenvalue weighted by molar-refractivity contribution is 5.80. The van der Waals surface area contributed by atoms with Crippen LogP contribution in [0.4, 0.5) is 0 Å². The number of hydrogen-bond acceptors (Lipinski definition) is 3. The van der Waals surface area contributed by atoms with Crippen molar-refractivity contribution in [2.24, 2.45) is 10.9 Å². The van der Waals surface area contributed by atoms with Crippen LogP contribution >= 0.6 is 0 Å². The van der Waals surface area contributed by atoms with Crippen LogP contribution in [0.25, 0.3) is 0 Å². The topological polar surface area (TPSA) is 57.1 Å². The van der Waals surface area contributed by atoms with Gasteiger partial charge in [0.1, 0.15) is 5.75 Å². The lowest BCUT2D eigenvalue weighted by Crippen LogP contribution is -2.45. The zero-order chi connectivity index (χ0) is 16.7. The highest BCUT2D eigenvalue weighted by Gasteiger charge is 2.19. The van der Waals surface area contributed by atoms with Crippen molar-refractivity contribution in [1.82, 2.24) is 10.2 Å². The van der Waals surface area contributed by atoms with Crippen molar-refractivity contribution in [3.05, 3.63) is 29.8 Å². The second kappa shape index (κ2) is 8.77. The summed E-state index contributed by atoms with van der Waals surface area (Å²) in [7, 11) is 1.63. The molecule has 1 fully saturated rings. The summed E-state index contributed by atoms with van der Waals surface area (Å²) < 4.78 is 5.21. The fraction of sp³-hybridized carbons (Fsp3) is 0.611. The van der Waals surface area contributed by atoms with Crippen LogP contribution < -0.4 is 10.1 Å². The molecule has 0 amide bonds. The zero-order valence-electron chi connectivity index (χ0n) is 14.5. The molecule has 0 spiro atoms. The summed E-state index contributed by atoms with van der Waals surface area (Å²) in [6.07, 6.45) is 1.77. The first kappa shape index (κ1) is 17.6. The van der Waals surface area contributed by atoms with E-state index in [1.165, 1.54) is 12.8 Å². The van der Waals surface area contributed by atoms with Crippen molar-refractivity contribution >= 4 is 5.96 Å². The molecule has 1 unspecified atom stereocenters. The van der Waals surface area contributed by atoms with E-state index in [0.29, 0.717) is 6.54 Å². The third-order valence-corrected chi connectivity index (χ3v) is 4.31. The monoisotopic (exact) mass is 319 g/mol. The predicted molar refractivity (Wildman–Crippen MR) is 93.9 cm³/mol. The Morgan fingerprint density at radius 2 is 2.17 bits per heavy atom. The lowest BCUT2D eigenvalue weighted by Gasteiger charge is -2.33. The molecule has 0 radical (unpaired) electrons.